The molecule has 0 spiro atoms. The summed E-state index contributed by atoms with van der Waals surface area (Å²) >= 11 is 0. The SMILES string of the molecule is CCOc1cc(OC)c(B2OC(C)(C)C(C)(C)O2)cn1. The van der Waals surface area contributed by atoms with Crippen LogP contribution >= 0.6 is 0 Å². The summed E-state index contributed by atoms with van der Waals surface area (Å²) in [5.74, 6) is 1.19. The Bertz CT molecular complexity index is 474. The molecule has 0 aromatic carbocycles. The van der Waals surface area contributed by atoms with Crippen molar-refractivity contribution in [1.82, 2.24) is 4.98 Å². The number of ether oxygens (including phenoxy) is 2. The van der Waals surface area contributed by atoms with E-state index in [2.05, 4.69) is 4.98 Å². The lowest BCUT2D eigenvalue weighted by molar-refractivity contribution is 0.00578. The number of nitrogens with zero attached hydrogens (tertiary/aromatic N) is 1. The Balaban J connectivity index is 2.30. The molecule has 1 saturated heterocycles. The zero-order valence-electron chi connectivity index (χ0n) is 13.0. The molecule has 0 saturated carbocycles. The quantitative estimate of drug-likeness (QED) is 0.786. The van der Waals surface area contributed by atoms with Crippen molar-refractivity contribution in [3.63, 3.8) is 0 Å². The zero-order chi connectivity index (χ0) is 15.0. The van der Waals surface area contributed by atoms with Gasteiger partial charge in [-0.05, 0) is 34.6 Å². The third-order valence-corrected chi connectivity index (χ3v) is 3.89. The molecule has 1 fully saturated rings. The highest BCUT2D eigenvalue weighted by molar-refractivity contribution is 6.63. The van der Waals surface area contributed by atoms with Gasteiger partial charge in [-0.25, -0.2) is 4.98 Å². The molecular weight excluding hydrogens is 257 g/mol. The van der Waals surface area contributed by atoms with Gasteiger partial charge in [0, 0.05) is 17.7 Å². The van der Waals surface area contributed by atoms with E-state index < -0.39 is 7.12 Å². The largest absolute Gasteiger partial charge is 0.500 e. The van der Waals surface area contributed by atoms with Crippen LogP contribution in [-0.2, 0) is 9.31 Å². The molecule has 1 aliphatic rings. The van der Waals surface area contributed by atoms with E-state index in [-0.39, 0.29) is 11.2 Å². The lowest BCUT2D eigenvalue weighted by atomic mass is 9.79. The third kappa shape index (κ3) is 2.62. The zero-order valence-corrected chi connectivity index (χ0v) is 13.0. The van der Waals surface area contributed by atoms with Gasteiger partial charge in [0.2, 0.25) is 5.88 Å². The van der Waals surface area contributed by atoms with E-state index >= 15 is 0 Å². The summed E-state index contributed by atoms with van der Waals surface area (Å²) in [4.78, 5) is 4.25. The Kier molecular flexibility index (Phi) is 3.98. The van der Waals surface area contributed by atoms with Crippen molar-refractivity contribution in [2.75, 3.05) is 13.7 Å². The molecule has 0 N–H and O–H groups in total. The maximum Gasteiger partial charge on any atom is 0.500 e. The van der Waals surface area contributed by atoms with Crippen LogP contribution in [0.15, 0.2) is 12.3 Å². The molecule has 1 aliphatic heterocycles. The van der Waals surface area contributed by atoms with Crippen LogP contribution in [0.3, 0.4) is 0 Å². The number of methoxy groups -OCH3 is 1. The third-order valence-electron chi connectivity index (χ3n) is 3.89. The molecule has 0 radical (unpaired) electrons. The molecule has 110 valence electrons. The normalized spacial score (nSPS) is 20.0. The minimum Gasteiger partial charge on any atom is -0.497 e. The van der Waals surface area contributed by atoms with E-state index in [0.29, 0.717) is 18.2 Å². The molecular formula is C14H22BNO4. The average molecular weight is 279 g/mol. The van der Waals surface area contributed by atoms with Crippen LogP contribution in [0.4, 0.5) is 0 Å². The smallest absolute Gasteiger partial charge is 0.497 e. The average Bonchev–Trinajstić information content (AvgIpc) is 2.58. The topological polar surface area (TPSA) is 49.8 Å². The van der Waals surface area contributed by atoms with Gasteiger partial charge in [-0.3, -0.25) is 0 Å². The Morgan fingerprint density at radius 1 is 1.20 bits per heavy atom. The molecule has 0 bridgehead atoms. The first-order chi connectivity index (χ1) is 9.30. The second-order valence-electron chi connectivity index (χ2n) is 5.79. The van der Waals surface area contributed by atoms with Crippen LogP contribution < -0.4 is 14.9 Å². The predicted octanol–water partition coefficient (Wildman–Crippen LogP) is 1.79. The van der Waals surface area contributed by atoms with Crippen LogP contribution in [0.5, 0.6) is 11.6 Å². The van der Waals surface area contributed by atoms with Crippen LogP contribution in [0.25, 0.3) is 0 Å². The van der Waals surface area contributed by atoms with E-state index in [9.17, 15) is 0 Å². The van der Waals surface area contributed by atoms with Crippen molar-refractivity contribution in [2.24, 2.45) is 0 Å². The first kappa shape index (κ1) is 15.1. The molecule has 20 heavy (non-hydrogen) atoms. The Morgan fingerprint density at radius 2 is 1.80 bits per heavy atom. The van der Waals surface area contributed by atoms with Crippen molar-refractivity contribution in [2.45, 2.75) is 45.8 Å². The highest BCUT2D eigenvalue weighted by atomic mass is 16.7. The summed E-state index contributed by atoms with van der Waals surface area (Å²) in [6, 6.07) is 1.75. The minimum absolute atomic E-state index is 0.388. The molecule has 0 aliphatic carbocycles. The van der Waals surface area contributed by atoms with Gasteiger partial charge >= 0.3 is 7.12 Å². The van der Waals surface area contributed by atoms with E-state index in [4.69, 9.17) is 18.8 Å². The predicted molar refractivity (Wildman–Crippen MR) is 77.7 cm³/mol. The fourth-order valence-corrected chi connectivity index (χ4v) is 1.98. The van der Waals surface area contributed by atoms with Gasteiger partial charge < -0.3 is 18.8 Å². The number of hydrogen-bond donors (Lipinski definition) is 0. The van der Waals surface area contributed by atoms with Gasteiger partial charge in [0.05, 0.1) is 24.9 Å². The van der Waals surface area contributed by atoms with Gasteiger partial charge in [0.15, 0.2) is 0 Å². The van der Waals surface area contributed by atoms with Crippen molar-refractivity contribution in [1.29, 1.82) is 0 Å². The molecule has 2 rings (SSSR count). The highest BCUT2D eigenvalue weighted by Gasteiger charge is 2.52. The number of hydrogen-bond acceptors (Lipinski definition) is 5. The Morgan fingerprint density at radius 3 is 2.30 bits per heavy atom. The second kappa shape index (κ2) is 5.26. The first-order valence-electron chi connectivity index (χ1n) is 6.83. The van der Waals surface area contributed by atoms with Gasteiger partial charge in [-0.15, -0.1) is 0 Å². The molecule has 0 amide bonds. The molecule has 0 atom stereocenters. The summed E-state index contributed by atoms with van der Waals surface area (Å²) in [7, 11) is 1.12. The maximum atomic E-state index is 6.01. The van der Waals surface area contributed by atoms with Gasteiger partial charge in [-0.1, -0.05) is 0 Å². The van der Waals surface area contributed by atoms with Crippen molar-refractivity contribution in [3.05, 3.63) is 12.3 Å². The van der Waals surface area contributed by atoms with Crippen molar-refractivity contribution >= 4 is 12.6 Å². The van der Waals surface area contributed by atoms with Crippen LogP contribution in [0.2, 0.25) is 0 Å². The molecule has 0 unspecified atom stereocenters. The van der Waals surface area contributed by atoms with Gasteiger partial charge in [0.25, 0.3) is 0 Å². The second-order valence-corrected chi connectivity index (χ2v) is 5.79. The summed E-state index contributed by atoms with van der Waals surface area (Å²) < 4.78 is 22.8. The number of rotatable bonds is 4. The molecule has 2 heterocycles. The maximum absolute atomic E-state index is 6.01. The summed E-state index contributed by atoms with van der Waals surface area (Å²) in [6.45, 7) is 10.5. The molecule has 5 nitrogen and oxygen atoms in total. The molecule has 1 aromatic heterocycles. The summed E-state index contributed by atoms with van der Waals surface area (Å²) in [6.07, 6.45) is 1.69. The van der Waals surface area contributed by atoms with Crippen LogP contribution in [0, 0.1) is 0 Å². The lowest BCUT2D eigenvalue weighted by Gasteiger charge is -2.32. The summed E-state index contributed by atoms with van der Waals surface area (Å²) in [5.41, 5.74) is -0.00248. The fourth-order valence-electron chi connectivity index (χ4n) is 1.98. The molecule has 6 heteroatoms. The standard InChI is InChI=1S/C14H22BNO4/c1-7-18-12-8-11(17-6)10(9-16-12)15-19-13(2,3)14(4,5)20-15/h8-9H,7H2,1-6H3. The summed E-state index contributed by atoms with van der Waals surface area (Å²) in [5, 5.41) is 0. The lowest BCUT2D eigenvalue weighted by Crippen LogP contribution is -2.41. The van der Waals surface area contributed by atoms with E-state index in [1.165, 1.54) is 0 Å². The van der Waals surface area contributed by atoms with Gasteiger partial charge in [0.1, 0.15) is 5.75 Å². The van der Waals surface area contributed by atoms with E-state index in [1.54, 1.807) is 19.4 Å². The van der Waals surface area contributed by atoms with Crippen molar-refractivity contribution < 1.29 is 18.8 Å². The Hall–Kier alpha value is -1.27. The van der Waals surface area contributed by atoms with Crippen LogP contribution in [0.1, 0.15) is 34.6 Å². The minimum atomic E-state index is -0.488. The first-order valence-corrected chi connectivity index (χ1v) is 6.83. The fraction of sp³-hybridized carbons (Fsp3) is 0.643. The van der Waals surface area contributed by atoms with Gasteiger partial charge in [-0.2, -0.15) is 0 Å². The van der Waals surface area contributed by atoms with E-state index in [0.717, 1.165) is 5.46 Å². The number of aromatic nitrogens is 1. The van der Waals surface area contributed by atoms with Crippen LogP contribution in [-0.4, -0.2) is 37.0 Å². The Labute approximate surface area is 120 Å². The van der Waals surface area contributed by atoms with Crippen molar-refractivity contribution in [3.8, 4) is 11.6 Å². The monoisotopic (exact) mass is 279 g/mol. The molecule has 1 aromatic rings. The van der Waals surface area contributed by atoms with E-state index in [1.807, 2.05) is 34.6 Å². The number of pyridine rings is 1. The highest BCUT2D eigenvalue weighted by Crippen LogP contribution is 2.37.